The predicted octanol–water partition coefficient (Wildman–Crippen LogP) is 5.01. The maximum Gasteiger partial charge on any atom is 0.134 e. The number of thioether (sulfide) groups is 1. The molecule has 0 unspecified atom stereocenters. The number of hydrogen-bond donors (Lipinski definition) is 1. The van der Waals surface area contributed by atoms with Crippen LogP contribution in [-0.4, -0.2) is 17.5 Å². The highest BCUT2D eigenvalue weighted by Gasteiger charge is 2.17. The van der Waals surface area contributed by atoms with Gasteiger partial charge in [0, 0.05) is 35.2 Å². The van der Waals surface area contributed by atoms with Crippen molar-refractivity contribution in [1.29, 1.82) is 0 Å². The fraction of sp³-hybridized carbons (Fsp3) is 0.556. The smallest absolute Gasteiger partial charge is 0.134 e. The van der Waals surface area contributed by atoms with E-state index in [2.05, 4.69) is 50.5 Å². The molecule has 0 saturated heterocycles. The van der Waals surface area contributed by atoms with E-state index in [1.807, 2.05) is 17.8 Å². The van der Waals surface area contributed by atoms with Crippen molar-refractivity contribution in [3.8, 4) is 0 Å². The van der Waals surface area contributed by atoms with Gasteiger partial charge in [-0.3, -0.25) is 0 Å². The molecule has 2 rings (SSSR count). The average molecular weight is 305 g/mol. The van der Waals surface area contributed by atoms with Crippen molar-refractivity contribution in [3.63, 3.8) is 0 Å². The zero-order chi connectivity index (χ0) is 15.3. The van der Waals surface area contributed by atoms with Crippen LogP contribution in [0.3, 0.4) is 0 Å². The van der Waals surface area contributed by atoms with Gasteiger partial charge < -0.3 is 9.73 Å². The lowest BCUT2D eigenvalue weighted by Gasteiger charge is -2.22. The van der Waals surface area contributed by atoms with Crippen LogP contribution in [0.25, 0.3) is 11.0 Å². The van der Waals surface area contributed by atoms with Gasteiger partial charge >= 0.3 is 0 Å². The summed E-state index contributed by atoms with van der Waals surface area (Å²) in [6, 6.07) is 8.38. The van der Waals surface area contributed by atoms with Crippen LogP contribution in [0.4, 0.5) is 0 Å². The Hall–Kier alpha value is -0.930. The van der Waals surface area contributed by atoms with Gasteiger partial charge in [-0.05, 0) is 32.6 Å². The van der Waals surface area contributed by atoms with Crippen LogP contribution in [-0.2, 0) is 13.0 Å². The second-order valence-corrected chi connectivity index (χ2v) is 7.68. The third-order valence-corrected chi connectivity index (χ3v) is 5.19. The van der Waals surface area contributed by atoms with Crippen LogP contribution in [0.2, 0.25) is 0 Å². The first-order chi connectivity index (χ1) is 10.1. The number of fused-ring (bicyclic) bond motifs is 1. The van der Waals surface area contributed by atoms with Gasteiger partial charge in [0.25, 0.3) is 0 Å². The Bertz CT molecular complexity index is 574. The van der Waals surface area contributed by atoms with E-state index in [1.165, 1.54) is 23.8 Å². The SMILES string of the molecule is CCCCc1oc2ccccc2c1CNCC(C)(C)SC. The fourth-order valence-electron chi connectivity index (χ4n) is 2.44. The standard InChI is InChI=1S/C18H27NOS/c1-5-6-10-17-15(12-19-13-18(2,3)21-4)14-9-7-8-11-16(14)20-17/h7-9,11,19H,5-6,10,12-13H2,1-4H3. The van der Waals surface area contributed by atoms with Crippen molar-refractivity contribution in [2.75, 3.05) is 12.8 Å². The topological polar surface area (TPSA) is 25.2 Å². The van der Waals surface area contributed by atoms with Crippen molar-refractivity contribution in [2.24, 2.45) is 0 Å². The molecule has 0 aliphatic heterocycles. The first-order valence-corrected chi connectivity index (χ1v) is 9.05. The zero-order valence-corrected chi connectivity index (χ0v) is 14.5. The molecular weight excluding hydrogens is 278 g/mol. The molecule has 0 atom stereocenters. The molecule has 1 heterocycles. The highest BCUT2D eigenvalue weighted by molar-refractivity contribution is 7.99. The van der Waals surface area contributed by atoms with Gasteiger partial charge in [0.15, 0.2) is 0 Å². The summed E-state index contributed by atoms with van der Waals surface area (Å²) in [7, 11) is 0. The van der Waals surface area contributed by atoms with E-state index < -0.39 is 0 Å². The maximum atomic E-state index is 6.07. The monoisotopic (exact) mass is 305 g/mol. The van der Waals surface area contributed by atoms with Crippen LogP contribution in [0.15, 0.2) is 28.7 Å². The van der Waals surface area contributed by atoms with Crippen molar-refractivity contribution in [1.82, 2.24) is 5.32 Å². The normalized spacial score (nSPS) is 12.2. The van der Waals surface area contributed by atoms with E-state index in [0.29, 0.717) is 0 Å². The molecule has 0 fully saturated rings. The maximum absolute atomic E-state index is 6.07. The average Bonchev–Trinajstić information content (AvgIpc) is 2.83. The van der Waals surface area contributed by atoms with Crippen LogP contribution in [0, 0.1) is 0 Å². The highest BCUT2D eigenvalue weighted by atomic mass is 32.2. The van der Waals surface area contributed by atoms with Gasteiger partial charge in [0.2, 0.25) is 0 Å². The predicted molar refractivity (Wildman–Crippen MR) is 94.1 cm³/mol. The summed E-state index contributed by atoms with van der Waals surface area (Å²) in [4.78, 5) is 0. The second kappa shape index (κ2) is 7.37. The summed E-state index contributed by atoms with van der Waals surface area (Å²) in [5.41, 5.74) is 2.36. The summed E-state index contributed by atoms with van der Waals surface area (Å²) in [6.07, 6.45) is 5.59. The quantitative estimate of drug-likeness (QED) is 0.742. The molecule has 2 nitrogen and oxygen atoms in total. The third-order valence-electron chi connectivity index (χ3n) is 3.94. The summed E-state index contributed by atoms with van der Waals surface area (Å²) < 4.78 is 6.33. The van der Waals surface area contributed by atoms with Gasteiger partial charge in [-0.1, -0.05) is 31.5 Å². The molecule has 21 heavy (non-hydrogen) atoms. The summed E-state index contributed by atoms with van der Waals surface area (Å²) in [6.45, 7) is 8.66. The molecule has 2 aromatic rings. The lowest BCUT2D eigenvalue weighted by atomic mass is 10.1. The van der Waals surface area contributed by atoms with Gasteiger partial charge in [-0.2, -0.15) is 11.8 Å². The molecule has 1 N–H and O–H groups in total. The Morgan fingerprint density at radius 1 is 1.24 bits per heavy atom. The van der Waals surface area contributed by atoms with E-state index in [1.54, 1.807) is 0 Å². The molecule has 1 aromatic heterocycles. The highest BCUT2D eigenvalue weighted by Crippen LogP contribution is 2.27. The molecule has 0 saturated carbocycles. The zero-order valence-electron chi connectivity index (χ0n) is 13.7. The minimum Gasteiger partial charge on any atom is -0.461 e. The lowest BCUT2D eigenvalue weighted by molar-refractivity contribution is 0.520. The Morgan fingerprint density at radius 2 is 2.00 bits per heavy atom. The number of unbranched alkanes of at least 4 members (excludes halogenated alkanes) is 1. The Balaban J connectivity index is 2.15. The van der Waals surface area contributed by atoms with Gasteiger partial charge in [-0.25, -0.2) is 0 Å². The van der Waals surface area contributed by atoms with Crippen molar-refractivity contribution >= 4 is 22.7 Å². The molecule has 0 spiro atoms. The summed E-state index contributed by atoms with van der Waals surface area (Å²) >= 11 is 1.90. The number of rotatable bonds is 8. The summed E-state index contributed by atoms with van der Waals surface area (Å²) in [5.74, 6) is 1.16. The van der Waals surface area contributed by atoms with Crippen LogP contribution < -0.4 is 5.32 Å². The number of nitrogens with one attached hydrogen (secondary N) is 1. The number of aryl methyl sites for hydroxylation is 1. The minimum atomic E-state index is 0.267. The van der Waals surface area contributed by atoms with Gasteiger partial charge in [0.1, 0.15) is 11.3 Å². The minimum absolute atomic E-state index is 0.267. The Kier molecular flexibility index (Phi) is 5.77. The molecule has 0 radical (unpaired) electrons. The van der Waals surface area contributed by atoms with E-state index in [9.17, 15) is 0 Å². The van der Waals surface area contributed by atoms with E-state index in [0.717, 1.165) is 30.9 Å². The van der Waals surface area contributed by atoms with E-state index >= 15 is 0 Å². The first kappa shape index (κ1) is 16.4. The molecule has 3 heteroatoms. The van der Waals surface area contributed by atoms with Crippen molar-refractivity contribution < 1.29 is 4.42 Å². The molecule has 116 valence electrons. The third kappa shape index (κ3) is 4.27. The number of benzene rings is 1. The fourth-order valence-corrected chi connectivity index (χ4v) is 2.69. The number of hydrogen-bond acceptors (Lipinski definition) is 3. The summed E-state index contributed by atoms with van der Waals surface area (Å²) in [5, 5.41) is 4.87. The van der Waals surface area contributed by atoms with Crippen LogP contribution >= 0.6 is 11.8 Å². The molecule has 1 aromatic carbocycles. The molecular formula is C18H27NOS. The van der Waals surface area contributed by atoms with Crippen LogP contribution in [0.5, 0.6) is 0 Å². The number of furan rings is 1. The van der Waals surface area contributed by atoms with Crippen molar-refractivity contribution in [3.05, 3.63) is 35.6 Å². The molecule has 0 aliphatic rings. The first-order valence-electron chi connectivity index (χ1n) is 7.82. The van der Waals surface area contributed by atoms with Crippen LogP contribution in [0.1, 0.15) is 44.9 Å². The van der Waals surface area contributed by atoms with E-state index in [4.69, 9.17) is 4.42 Å². The number of para-hydroxylation sites is 1. The van der Waals surface area contributed by atoms with Gasteiger partial charge in [-0.15, -0.1) is 0 Å². The molecule has 0 amide bonds. The molecule has 0 bridgehead atoms. The van der Waals surface area contributed by atoms with Crippen molar-refractivity contribution in [2.45, 2.75) is 51.3 Å². The Morgan fingerprint density at radius 3 is 2.71 bits per heavy atom. The Labute approximate surface area is 132 Å². The van der Waals surface area contributed by atoms with Gasteiger partial charge in [0.05, 0.1) is 0 Å². The van der Waals surface area contributed by atoms with E-state index in [-0.39, 0.29) is 4.75 Å². The molecule has 0 aliphatic carbocycles. The largest absolute Gasteiger partial charge is 0.461 e. The lowest BCUT2D eigenvalue weighted by Crippen LogP contribution is -2.31. The second-order valence-electron chi connectivity index (χ2n) is 6.17.